The smallest absolute Gasteiger partial charge is 0.329 e. The summed E-state index contributed by atoms with van der Waals surface area (Å²) >= 11 is 0. The van der Waals surface area contributed by atoms with Crippen LogP contribution in [0.25, 0.3) is 0 Å². The van der Waals surface area contributed by atoms with Gasteiger partial charge in [0.1, 0.15) is 11.4 Å². The van der Waals surface area contributed by atoms with Crippen LogP contribution in [0.4, 0.5) is 4.39 Å². The van der Waals surface area contributed by atoms with Crippen molar-refractivity contribution in [2.45, 2.75) is 32.4 Å². The third kappa shape index (κ3) is 3.91. The van der Waals surface area contributed by atoms with E-state index in [1.54, 1.807) is 19.1 Å². The molecule has 1 atom stereocenters. The lowest BCUT2D eigenvalue weighted by molar-refractivity contribution is -0.143. The second-order valence-corrected chi connectivity index (χ2v) is 5.38. The van der Waals surface area contributed by atoms with Crippen molar-refractivity contribution in [3.8, 4) is 0 Å². The summed E-state index contributed by atoms with van der Waals surface area (Å²) in [4.78, 5) is 23.3. The average Bonchev–Trinajstić information content (AvgIpc) is 2.95. The van der Waals surface area contributed by atoms with E-state index < -0.39 is 17.4 Å². The van der Waals surface area contributed by atoms with Gasteiger partial charge in [-0.25, -0.2) is 13.9 Å². The Morgan fingerprint density at radius 1 is 1.43 bits per heavy atom. The van der Waals surface area contributed by atoms with E-state index in [-0.39, 0.29) is 24.5 Å². The summed E-state index contributed by atoms with van der Waals surface area (Å²) in [5.74, 6) is -2.11. The molecule has 0 spiro atoms. The normalized spacial score (nSPS) is 13.3. The van der Waals surface area contributed by atoms with Crippen molar-refractivity contribution in [3.05, 3.63) is 47.5 Å². The van der Waals surface area contributed by atoms with Crippen molar-refractivity contribution in [1.82, 2.24) is 20.3 Å². The summed E-state index contributed by atoms with van der Waals surface area (Å²) < 4.78 is 14.5. The molecule has 2 aromatic rings. The molecule has 0 bridgehead atoms. The number of aromatic nitrogens is 3. The molecule has 7 nitrogen and oxygen atoms in total. The maximum atomic E-state index is 13.1. The van der Waals surface area contributed by atoms with Crippen LogP contribution in [-0.4, -0.2) is 37.5 Å². The molecule has 122 valence electrons. The number of carbonyl (C=O) groups is 2. The summed E-state index contributed by atoms with van der Waals surface area (Å²) in [5, 5.41) is 19.1. The number of carboxylic acid groups (broad SMARTS) is 1. The Labute approximate surface area is 132 Å². The highest BCUT2D eigenvalue weighted by molar-refractivity contribution is 5.95. The van der Waals surface area contributed by atoms with E-state index in [4.69, 9.17) is 5.11 Å². The summed E-state index contributed by atoms with van der Waals surface area (Å²) in [5.41, 5.74) is -0.697. The number of halogens is 1. The fourth-order valence-corrected chi connectivity index (χ4v) is 1.91. The monoisotopic (exact) mass is 320 g/mol. The molecule has 0 aliphatic rings. The SMILES string of the molecule is CCC(C)(NC(=O)c1cn(Cc2cccc(F)c2)nn1)C(=O)O. The zero-order chi connectivity index (χ0) is 17.0. The van der Waals surface area contributed by atoms with Crippen LogP contribution in [0.5, 0.6) is 0 Å². The molecule has 1 aromatic carbocycles. The van der Waals surface area contributed by atoms with Crippen LogP contribution in [0.2, 0.25) is 0 Å². The van der Waals surface area contributed by atoms with Gasteiger partial charge in [-0.3, -0.25) is 4.79 Å². The number of nitrogens with one attached hydrogen (secondary N) is 1. The minimum absolute atomic E-state index is 0.00216. The number of nitrogens with zero attached hydrogens (tertiary/aromatic N) is 3. The second-order valence-electron chi connectivity index (χ2n) is 5.38. The lowest BCUT2D eigenvalue weighted by Gasteiger charge is -2.23. The first kappa shape index (κ1) is 16.6. The molecule has 0 radical (unpaired) electrons. The number of carbonyl (C=O) groups excluding carboxylic acids is 1. The molecule has 2 N–H and O–H groups in total. The zero-order valence-electron chi connectivity index (χ0n) is 12.8. The lowest BCUT2D eigenvalue weighted by Crippen LogP contribution is -2.51. The fraction of sp³-hybridized carbons (Fsp3) is 0.333. The Morgan fingerprint density at radius 2 is 2.17 bits per heavy atom. The van der Waals surface area contributed by atoms with E-state index in [0.29, 0.717) is 5.56 Å². The number of rotatable bonds is 6. The Hall–Kier alpha value is -2.77. The van der Waals surface area contributed by atoms with Crippen molar-refractivity contribution < 1.29 is 19.1 Å². The molecular formula is C15H17FN4O3. The number of benzene rings is 1. The van der Waals surface area contributed by atoms with E-state index in [9.17, 15) is 14.0 Å². The molecule has 1 heterocycles. The Morgan fingerprint density at radius 3 is 2.78 bits per heavy atom. The lowest BCUT2D eigenvalue weighted by atomic mass is 9.99. The van der Waals surface area contributed by atoms with E-state index in [0.717, 1.165) is 0 Å². The Balaban J connectivity index is 2.09. The molecule has 0 aliphatic heterocycles. The van der Waals surface area contributed by atoms with Gasteiger partial charge in [0, 0.05) is 0 Å². The molecule has 23 heavy (non-hydrogen) atoms. The number of aliphatic carboxylic acids is 1. The quantitative estimate of drug-likeness (QED) is 0.839. The van der Waals surface area contributed by atoms with Gasteiger partial charge in [-0.15, -0.1) is 5.10 Å². The maximum absolute atomic E-state index is 13.1. The topological polar surface area (TPSA) is 97.1 Å². The standard InChI is InChI=1S/C15H17FN4O3/c1-3-15(2,14(22)23)17-13(21)12-9-20(19-18-12)8-10-5-4-6-11(16)7-10/h4-7,9H,3,8H2,1-2H3,(H,17,21)(H,22,23). The summed E-state index contributed by atoms with van der Waals surface area (Å²) in [6.07, 6.45) is 1.61. The predicted molar refractivity (Wildman–Crippen MR) is 79.3 cm³/mol. The van der Waals surface area contributed by atoms with Crippen LogP contribution in [0.15, 0.2) is 30.5 Å². The van der Waals surface area contributed by atoms with Gasteiger partial charge in [0.15, 0.2) is 5.69 Å². The number of amides is 1. The number of hydrogen-bond acceptors (Lipinski definition) is 4. The molecule has 1 unspecified atom stereocenters. The third-order valence-corrected chi connectivity index (χ3v) is 3.57. The van der Waals surface area contributed by atoms with Crippen molar-refractivity contribution in [2.24, 2.45) is 0 Å². The maximum Gasteiger partial charge on any atom is 0.329 e. The third-order valence-electron chi connectivity index (χ3n) is 3.57. The van der Waals surface area contributed by atoms with Gasteiger partial charge in [0.2, 0.25) is 0 Å². The first-order chi connectivity index (χ1) is 10.8. The number of carboxylic acids is 1. The molecule has 0 saturated heterocycles. The highest BCUT2D eigenvalue weighted by atomic mass is 19.1. The molecule has 0 fully saturated rings. The van der Waals surface area contributed by atoms with E-state index >= 15 is 0 Å². The fourth-order valence-electron chi connectivity index (χ4n) is 1.91. The first-order valence-electron chi connectivity index (χ1n) is 7.04. The minimum Gasteiger partial charge on any atom is -0.480 e. The zero-order valence-corrected chi connectivity index (χ0v) is 12.8. The molecule has 8 heteroatoms. The summed E-state index contributed by atoms with van der Waals surface area (Å²) in [7, 11) is 0. The van der Waals surface area contributed by atoms with Crippen LogP contribution in [0, 0.1) is 5.82 Å². The van der Waals surface area contributed by atoms with Gasteiger partial charge in [-0.05, 0) is 31.0 Å². The summed E-state index contributed by atoms with van der Waals surface area (Å²) in [6, 6.07) is 6.00. The van der Waals surface area contributed by atoms with Gasteiger partial charge < -0.3 is 10.4 Å². The predicted octanol–water partition coefficient (Wildman–Crippen LogP) is 1.45. The van der Waals surface area contributed by atoms with E-state index in [1.807, 2.05) is 0 Å². The Kier molecular flexibility index (Phi) is 4.73. The van der Waals surface area contributed by atoms with Crippen molar-refractivity contribution in [2.75, 3.05) is 0 Å². The van der Waals surface area contributed by atoms with Gasteiger partial charge in [0.05, 0.1) is 12.7 Å². The van der Waals surface area contributed by atoms with Crippen molar-refractivity contribution in [1.29, 1.82) is 0 Å². The van der Waals surface area contributed by atoms with Crippen molar-refractivity contribution in [3.63, 3.8) is 0 Å². The minimum atomic E-state index is -1.37. The van der Waals surface area contributed by atoms with Crippen LogP contribution >= 0.6 is 0 Å². The Bertz CT molecular complexity index is 731. The first-order valence-corrected chi connectivity index (χ1v) is 7.04. The molecule has 0 saturated carbocycles. The van der Waals surface area contributed by atoms with E-state index in [2.05, 4.69) is 15.6 Å². The molecular weight excluding hydrogens is 303 g/mol. The van der Waals surface area contributed by atoms with Gasteiger partial charge in [-0.2, -0.15) is 0 Å². The number of hydrogen-bond donors (Lipinski definition) is 2. The molecule has 0 aliphatic carbocycles. The molecule has 2 rings (SSSR count). The highest BCUT2D eigenvalue weighted by Crippen LogP contribution is 2.11. The molecule has 1 amide bonds. The van der Waals surface area contributed by atoms with Crippen LogP contribution in [0.1, 0.15) is 36.3 Å². The highest BCUT2D eigenvalue weighted by Gasteiger charge is 2.33. The van der Waals surface area contributed by atoms with Gasteiger partial charge >= 0.3 is 5.97 Å². The average molecular weight is 320 g/mol. The van der Waals surface area contributed by atoms with E-state index in [1.165, 1.54) is 29.9 Å². The van der Waals surface area contributed by atoms with Crippen LogP contribution in [-0.2, 0) is 11.3 Å². The largest absolute Gasteiger partial charge is 0.480 e. The van der Waals surface area contributed by atoms with Gasteiger partial charge in [0.25, 0.3) is 5.91 Å². The van der Waals surface area contributed by atoms with Gasteiger partial charge in [-0.1, -0.05) is 24.3 Å². The second kappa shape index (κ2) is 6.55. The van der Waals surface area contributed by atoms with Crippen LogP contribution in [0.3, 0.4) is 0 Å². The molecule has 1 aromatic heterocycles. The van der Waals surface area contributed by atoms with Crippen LogP contribution < -0.4 is 5.32 Å². The summed E-state index contributed by atoms with van der Waals surface area (Å²) in [6.45, 7) is 3.33. The van der Waals surface area contributed by atoms with Crippen molar-refractivity contribution >= 4 is 11.9 Å².